The second kappa shape index (κ2) is 16.4. The number of ether oxygens (including phenoxy) is 1. The molecule has 4 aromatic rings. The van der Waals surface area contributed by atoms with Crippen molar-refractivity contribution >= 4 is 50.7 Å². The van der Waals surface area contributed by atoms with Crippen molar-refractivity contribution in [3.63, 3.8) is 0 Å². The van der Waals surface area contributed by atoms with E-state index in [9.17, 15) is 18.0 Å². The van der Waals surface area contributed by atoms with Crippen LogP contribution >= 0.6 is 23.2 Å². The third-order valence-electron chi connectivity index (χ3n) is 8.38. The molecule has 0 radical (unpaired) electrons. The molecule has 252 valence electrons. The number of benzene rings is 4. The first kappa shape index (κ1) is 35.3. The Morgan fingerprint density at radius 3 is 2.10 bits per heavy atom. The number of anilines is 1. The van der Waals surface area contributed by atoms with Crippen LogP contribution in [0.5, 0.6) is 5.75 Å². The Morgan fingerprint density at radius 1 is 0.875 bits per heavy atom. The van der Waals surface area contributed by atoms with Gasteiger partial charge in [0.2, 0.25) is 21.8 Å². The standard InChI is InChI=1S/C37H39Cl2N3O5S/c1-48(45,46)42(32-18-20-33(21-19-32)47-26-28-12-6-3-7-13-28)25-36(43)41(24-29-16-17-30(38)23-34(29)39)35(22-27-10-4-2-5-11-27)37(44)40-31-14-8-9-15-31/h2-7,10-13,16-21,23,31,35H,8-9,14-15,22,24-26H2,1H3,(H,40,44)/t35-/m0/s1. The number of hydrogen-bond acceptors (Lipinski definition) is 5. The maximum absolute atomic E-state index is 14.4. The van der Waals surface area contributed by atoms with E-state index in [0.717, 1.165) is 47.4 Å². The number of sulfonamides is 1. The predicted octanol–water partition coefficient (Wildman–Crippen LogP) is 7.04. The topological polar surface area (TPSA) is 96.0 Å². The molecule has 11 heteroatoms. The minimum atomic E-state index is -3.92. The van der Waals surface area contributed by atoms with Gasteiger partial charge in [0.15, 0.2) is 0 Å². The van der Waals surface area contributed by atoms with Crippen LogP contribution < -0.4 is 14.4 Å². The molecule has 0 aromatic heterocycles. The average molecular weight is 709 g/mol. The summed E-state index contributed by atoms with van der Waals surface area (Å²) in [6.45, 7) is -0.215. The minimum Gasteiger partial charge on any atom is -0.489 e. The van der Waals surface area contributed by atoms with Crippen LogP contribution in [0.1, 0.15) is 42.4 Å². The Hall–Kier alpha value is -4.05. The molecule has 2 amide bonds. The van der Waals surface area contributed by atoms with E-state index in [1.54, 1.807) is 42.5 Å². The van der Waals surface area contributed by atoms with E-state index in [0.29, 0.717) is 28.0 Å². The van der Waals surface area contributed by atoms with Crippen LogP contribution in [0.3, 0.4) is 0 Å². The lowest BCUT2D eigenvalue weighted by Gasteiger charge is -2.34. The fourth-order valence-corrected chi connectivity index (χ4v) is 7.14. The van der Waals surface area contributed by atoms with Crippen molar-refractivity contribution in [2.24, 2.45) is 0 Å². The highest BCUT2D eigenvalue weighted by Gasteiger charge is 2.34. The summed E-state index contributed by atoms with van der Waals surface area (Å²) in [4.78, 5) is 29.9. The molecule has 1 aliphatic carbocycles. The number of rotatable bonds is 14. The monoisotopic (exact) mass is 707 g/mol. The van der Waals surface area contributed by atoms with Gasteiger partial charge in [-0.3, -0.25) is 13.9 Å². The highest BCUT2D eigenvalue weighted by Crippen LogP contribution is 2.27. The van der Waals surface area contributed by atoms with Crippen molar-refractivity contribution in [1.29, 1.82) is 0 Å². The largest absolute Gasteiger partial charge is 0.489 e. The van der Waals surface area contributed by atoms with Crippen LogP contribution in [-0.4, -0.2) is 50.0 Å². The Labute approximate surface area is 292 Å². The van der Waals surface area contributed by atoms with Gasteiger partial charge in [-0.15, -0.1) is 0 Å². The third-order valence-corrected chi connectivity index (χ3v) is 10.1. The zero-order valence-corrected chi connectivity index (χ0v) is 29.1. The zero-order valence-electron chi connectivity index (χ0n) is 26.7. The fraction of sp³-hybridized carbons (Fsp3) is 0.297. The second-order valence-corrected chi connectivity index (χ2v) is 14.7. The van der Waals surface area contributed by atoms with Gasteiger partial charge in [-0.1, -0.05) is 103 Å². The Kier molecular flexibility index (Phi) is 12.0. The van der Waals surface area contributed by atoms with E-state index in [1.807, 2.05) is 60.7 Å². The van der Waals surface area contributed by atoms with Gasteiger partial charge in [-0.25, -0.2) is 8.42 Å². The van der Waals surface area contributed by atoms with Gasteiger partial charge in [0.25, 0.3) is 0 Å². The van der Waals surface area contributed by atoms with Gasteiger partial charge in [-0.2, -0.15) is 0 Å². The number of nitrogens with zero attached hydrogens (tertiary/aromatic N) is 2. The lowest BCUT2D eigenvalue weighted by Crippen LogP contribution is -2.54. The van der Waals surface area contributed by atoms with Gasteiger partial charge >= 0.3 is 0 Å². The Balaban J connectivity index is 1.45. The Morgan fingerprint density at radius 2 is 1.50 bits per heavy atom. The lowest BCUT2D eigenvalue weighted by molar-refractivity contribution is -0.140. The first-order valence-corrected chi connectivity index (χ1v) is 18.5. The molecule has 0 aliphatic heterocycles. The van der Waals surface area contributed by atoms with Crippen LogP contribution in [0.2, 0.25) is 10.0 Å². The number of carbonyl (C=O) groups excluding carboxylic acids is 2. The van der Waals surface area contributed by atoms with Crippen LogP contribution in [0.15, 0.2) is 103 Å². The van der Waals surface area contributed by atoms with Crippen LogP contribution in [0.4, 0.5) is 5.69 Å². The maximum atomic E-state index is 14.4. The normalized spacial score (nSPS) is 13.9. The number of carbonyl (C=O) groups is 2. The van der Waals surface area contributed by atoms with Crippen molar-refractivity contribution in [1.82, 2.24) is 10.2 Å². The molecule has 1 N–H and O–H groups in total. The van der Waals surface area contributed by atoms with E-state index in [2.05, 4.69) is 5.32 Å². The van der Waals surface area contributed by atoms with E-state index in [-0.39, 0.29) is 30.6 Å². The van der Waals surface area contributed by atoms with E-state index in [1.165, 1.54) is 4.90 Å². The summed E-state index contributed by atoms with van der Waals surface area (Å²) in [7, 11) is -3.92. The average Bonchev–Trinajstić information content (AvgIpc) is 3.59. The smallest absolute Gasteiger partial charge is 0.244 e. The molecule has 0 bridgehead atoms. The Bertz CT molecular complexity index is 1790. The molecule has 8 nitrogen and oxygen atoms in total. The van der Waals surface area contributed by atoms with Crippen molar-refractivity contribution < 1.29 is 22.7 Å². The van der Waals surface area contributed by atoms with E-state index < -0.39 is 28.5 Å². The van der Waals surface area contributed by atoms with Gasteiger partial charge < -0.3 is 15.0 Å². The third kappa shape index (κ3) is 9.75. The van der Waals surface area contributed by atoms with E-state index >= 15 is 0 Å². The van der Waals surface area contributed by atoms with Crippen molar-refractivity contribution in [2.45, 2.75) is 57.3 Å². The quantitative estimate of drug-likeness (QED) is 0.152. The summed E-state index contributed by atoms with van der Waals surface area (Å²) < 4.78 is 33.3. The molecule has 4 aromatic carbocycles. The first-order valence-electron chi connectivity index (χ1n) is 15.9. The molecule has 48 heavy (non-hydrogen) atoms. The molecule has 1 atom stereocenters. The summed E-state index contributed by atoms with van der Waals surface area (Å²) in [5, 5.41) is 3.92. The molecule has 5 rings (SSSR count). The van der Waals surface area contributed by atoms with E-state index in [4.69, 9.17) is 27.9 Å². The summed E-state index contributed by atoms with van der Waals surface area (Å²) in [5.74, 6) is -0.304. The number of hydrogen-bond donors (Lipinski definition) is 1. The van der Waals surface area contributed by atoms with Gasteiger partial charge in [0.1, 0.15) is 24.9 Å². The molecular formula is C37H39Cl2N3O5S. The molecular weight excluding hydrogens is 669 g/mol. The zero-order chi connectivity index (χ0) is 34.1. The molecule has 0 unspecified atom stereocenters. The van der Waals surface area contributed by atoms with Crippen molar-refractivity contribution in [3.05, 3.63) is 130 Å². The highest BCUT2D eigenvalue weighted by molar-refractivity contribution is 7.92. The number of halogens is 2. The number of nitrogens with one attached hydrogen (secondary N) is 1. The number of amides is 2. The first-order chi connectivity index (χ1) is 23.1. The fourth-order valence-electron chi connectivity index (χ4n) is 5.82. The molecule has 0 heterocycles. The maximum Gasteiger partial charge on any atom is 0.244 e. The molecule has 1 fully saturated rings. The predicted molar refractivity (Wildman–Crippen MR) is 191 cm³/mol. The lowest BCUT2D eigenvalue weighted by atomic mass is 10.0. The van der Waals surface area contributed by atoms with Crippen LogP contribution in [-0.2, 0) is 39.2 Å². The van der Waals surface area contributed by atoms with Crippen molar-refractivity contribution in [3.8, 4) is 5.75 Å². The molecule has 1 saturated carbocycles. The van der Waals surface area contributed by atoms with Gasteiger partial charge in [0, 0.05) is 29.1 Å². The summed E-state index contributed by atoms with van der Waals surface area (Å²) in [6.07, 6.45) is 5.06. The van der Waals surface area contributed by atoms with Gasteiger partial charge in [0.05, 0.1) is 11.9 Å². The highest BCUT2D eigenvalue weighted by atomic mass is 35.5. The molecule has 0 spiro atoms. The second-order valence-electron chi connectivity index (χ2n) is 12.0. The van der Waals surface area contributed by atoms with Crippen LogP contribution in [0.25, 0.3) is 0 Å². The van der Waals surface area contributed by atoms with Crippen LogP contribution in [0, 0.1) is 0 Å². The van der Waals surface area contributed by atoms with Gasteiger partial charge in [-0.05, 0) is 65.9 Å². The van der Waals surface area contributed by atoms with Crippen molar-refractivity contribution in [2.75, 3.05) is 17.1 Å². The summed E-state index contributed by atoms with van der Waals surface area (Å²) >= 11 is 12.7. The molecule has 0 saturated heterocycles. The SMILES string of the molecule is CS(=O)(=O)N(CC(=O)N(Cc1ccc(Cl)cc1Cl)[C@@H](Cc1ccccc1)C(=O)NC1CCCC1)c1ccc(OCc2ccccc2)cc1. The summed E-state index contributed by atoms with van der Waals surface area (Å²) in [6, 6.07) is 29.7. The molecule has 1 aliphatic rings. The summed E-state index contributed by atoms with van der Waals surface area (Å²) in [5.41, 5.74) is 2.72. The minimum absolute atomic E-state index is 0.0157.